The molecule has 1 aromatic heterocycles. The molecule has 0 aromatic carbocycles. The van der Waals surface area contributed by atoms with Crippen LogP contribution in [0.3, 0.4) is 0 Å². The average Bonchev–Trinajstić information content (AvgIpc) is 3.33. The molecular weight excluding hydrogens is 370 g/mol. The Labute approximate surface area is 172 Å². The first-order valence-corrected chi connectivity index (χ1v) is 10.9. The Hall–Kier alpha value is -1.93. The van der Waals surface area contributed by atoms with Gasteiger partial charge in [-0.15, -0.1) is 0 Å². The highest BCUT2D eigenvalue weighted by Gasteiger charge is 2.51. The van der Waals surface area contributed by atoms with E-state index in [1.54, 1.807) is 0 Å². The van der Waals surface area contributed by atoms with Crippen LogP contribution in [0.4, 0.5) is 0 Å². The van der Waals surface area contributed by atoms with E-state index in [0.717, 1.165) is 52.2 Å². The standard InChI is InChI=1S/C21H33N5O3/c1-2-26-13-16(11-23-26)12-24-14-18(21(15-24)5-9-29-10-6-21)20(28)25-7-3-17(4-8-25)19(22)27/h11,13,17-18H,2-10,12,14-15H2,1H3,(H2,22,27)/t18-/m1/s1. The number of primary amides is 1. The van der Waals surface area contributed by atoms with Crippen LogP contribution < -0.4 is 5.73 Å². The van der Waals surface area contributed by atoms with Crippen LogP contribution in [0.2, 0.25) is 0 Å². The van der Waals surface area contributed by atoms with E-state index in [1.807, 2.05) is 15.8 Å². The molecule has 3 fully saturated rings. The van der Waals surface area contributed by atoms with E-state index in [9.17, 15) is 9.59 Å². The van der Waals surface area contributed by atoms with Crippen molar-refractivity contribution in [2.45, 2.75) is 45.7 Å². The molecule has 4 heterocycles. The van der Waals surface area contributed by atoms with Crippen LogP contribution >= 0.6 is 0 Å². The molecule has 8 nitrogen and oxygen atoms in total. The van der Waals surface area contributed by atoms with E-state index in [0.29, 0.717) is 25.9 Å². The van der Waals surface area contributed by atoms with Gasteiger partial charge in [0.2, 0.25) is 11.8 Å². The first-order valence-electron chi connectivity index (χ1n) is 10.9. The second-order valence-corrected chi connectivity index (χ2v) is 8.90. The summed E-state index contributed by atoms with van der Waals surface area (Å²) in [5.41, 5.74) is 6.65. The lowest BCUT2D eigenvalue weighted by Crippen LogP contribution is -2.49. The molecule has 0 radical (unpaired) electrons. The zero-order chi connectivity index (χ0) is 20.4. The molecule has 0 bridgehead atoms. The summed E-state index contributed by atoms with van der Waals surface area (Å²) >= 11 is 0. The number of nitrogens with zero attached hydrogens (tertiary/aromatic N) is 4. The maximum atomic E-state index is 13.5. The highest BCUT2D eigenvalue weighted by atomic mass is 16.5. The van der Waals surface area contributed by atoms with Crippen LogP contribution in [0.25, 0.3) is 0 Å². The van der Waals surface area contributed by atoms with Crippen molar-refractivity contribution in [3.63, 3.8) is 0 Å². The second kappa shape index (κ2) is 8.44. The lowest BCUT2D eigenvalue weighted by Gasteiger charge is -2.40. The summed E-state index contributed by atoms with van der Waals surface area (Å²) < 4.78 is 7.58. The Kier molecular flexibility index (Phi) is 5.92. The van der Waals surface area contributed by atoms with Crippen molar-refractivity contribution in [2.24, 2.45) is 23.0 Å². The number of aromatic nitrogens is 2. The fourth-order valence-corrected chi connectivity index (χ4v) is 5.34. The third-order valence-electron chi connectivity index (χ3n) is 7.13. The van der Waals surface area contributed by atoms with E-state index in [-0.39, 0.29) is 29.1 Å². The highest BCUT2D eigenvalue weighted by Crippen LogP contribution is 2.45. The number of aryl methyl sites for hydroxylation is 1. The summed E-state index contributed by atoms with van der Waals surface area (Å²) in [5.74, 6) is -0.0803. The van der Waals surface area contributed by atoms with E-state index in [1.165, 1.54) is 5.56 Å². The van der Waals surface area contributed by atoms with Gasteiger partial charge < -0.3 is 15.4 Å². The summed E-state index contributed by atoms with van der Waals surface area (Å²) in [6, 6.07) is 0. The molecule has 0 saturated carbocycles. The Morgan fingerprint density at radius 1 is 1.28 bits per heavy atom. The van der Waals surface area contributed by atoms with Gasteiger partial charge in [-0.3, -0.25) is 19.2 Å². The van der Waals surface area contributed by atoms with Gasteiger partial charge in [0.05, 0.1) is 12.1 Å². The maximum Gasteiger partial charge on any atom is 0.227 e. The van der Waals surface area contributed by atoms with Gasteiger partial charge in [0.1, 0.15) is 0 Å². The quantitative estimate of drug-likeness (QED) is 0.787. The van der Waals surface area contributed by atoms with Crippen molar-refractivity contribution in [3.8, 4) is 0 Å². The van der Waals surface area contributed by atoms with Crippen LogP contribution in [-0.4, -0.2) is 70.8 Å². The van der Waals surface area contributed by atoms with Gasteiger partial charge >= 0.3 is 0 Å². The average molecular weight is 404 g/mol. The molecular formula is C21H33N5O3. The lowest BCUT2D eigenvalue weighted by atomic mass is 9.71. The van der Waals surface area contributed by atoms with Gasteiger partial charge in [-0.05, 0) is 32.6 Å². The largest absolute Gasteiger partial charge is 0.381 e. The zero-order valence-corrected chi connectivity index (χ0v) is 17.4. The minimum Gasteiger partial charge on any atom is -0.381 e. The van der Waals surface area contributed by atoms with Crippen LogP contribution in [-0.2, 0) is 27.4 Å². The van der Waals surface area contributed by atoms with E-state index in [2.05, 4.69) is 23.1 Å². The fourth-order valence-electron chi connectivity index (χ4n) is 5.34. The molecule has 160 valence electrons. The van der Waals surface area contributed by atoms with Crippen LogP contribution in [0, 0.1) is 17.3 Å². The molecule has 8 heteroatoms. The lowest BCUT2D eigenvalue weighted by molar-refractivity contribution is -0.143. The molecule has 3 aliphatic rings. The first-order chi connectivity index (χ1) is 14.0. The Bertz CT molecular complexity index is 734. The third kappa shape index (κ3) is 4.19. The predicted molar refractivity (Wildman–Crippen MR) is 108 cm³/mol. The van der Waals surface area contributed by atoms with Gasteiger partial charge in [0, 0.05) is 75.6 Å². The SMILES string of the molecule is CCn1cc(CN2C[C@H](C(=O)N3CCC(C(N)=O)CC3)C3(CCOCC3)C2)cn1. The van der Waals surface area contributed by atoms with Crippen molar-refractivity contribution in [2.75, 3.05) is 39.4 Å². The van der Waals surface area contributed by atoms with Crippen LogP contribution in [0.5, 0.6) is 0 Å². The van der Waals surface area contributed by atoms with Crippen molar-refractivity contribution in [3.05, 3.63) is 18.0 Å². The Morgan fingerprint density at radius 3 is 2.62 bits per heavy atom. The van der Waals surface area contributed by atoms with Crippen molar-refractivity contribution in [1.29, 1.82) is 0 Å². The third-order valence-corrected chi connectivity index (χ3v) is 7.13. The van der Waals surface area contributed by atoms with Crippen LogP contribution in [0.15, 0.2) is 12.4 Å². The van der Waals surface area contributed by atoms with Gasteiger partial charge in [-0.1, -0.05) is 0 Å². The van der Waals surface area contributed by atoms with E-state index < -0.39 is 0 Å². The Morgan fingerprint density at radius 2 is 2.00 bits per heavy atom. The van der Waals surface area contributed by atoms with Gasteiger partial charge in [0.15, 0.2) is 0 Å². The number of piperidine rings is 1. The van der Waals surface area contributed by atoms with Gasteiger partial charge in [-0.25, -0.2) is 0 Å². The maximum absolute atomic E-state index is 13.5. The van der Waals surface area contributed by atoms with Crippen molar-refractivity contribution >= 4 is 11.8 Å². The summed E-state index contributed by atoms with van der Waals surface area (Å²) in [5, 5.41) is 4.39. The Balaban J connectivity index is 1.46. The van der Waals surface area contributed by atoms with Crippen molar-refractivity contribution < 1.29 is 14.3 Å². The number of amides is 2. The number of carbonyl (C=O) groups is 2. The number of rotatable bonds is 5. The van der Waals surface area contributed by atoms with Gasteiger partial charge in [-0.2, -0.15) is 5.10 Å². The predicted octanol–water partition coefficient (Wildman–Crippen LogP) is 0.856. The molecule has 29 heavy (non-hydrogen) atoms. The van der Waals surface area contributed by atoms with Gasteiger partial charge in [0.25, 0.3) is 0 Å². The first kappa shape index (κ1) is 20.3. The minimum atomic E-state index is -0.238. The molecule has 2 N–H and O–H groups in total. The number of hydrogen-bond acceptors (Lipinski definition) is 5. The molecule has 0 unspecified atom stereocenters. The molecule has 0 aliphatic carbocycles. The number of carbonyl (C=O) groups excluding carboxylic acids is 2. The monoisotopic (exact) mass is 403 g/mol. The fraction of sp³-hybridized carbons (Fsp3) is 0.762. The number of likely N-dealkylation sites (tertiary alicyclic amines) is 2. The highest BCUT2D eigenvalue weighted by molar-refractivity contribution is 5.81. The second-order valence-electron chi connectivity index (χ2n) is 8.90. The number of hydrogen-bond donors (Lipinski definition) is 1. The molecule has 3 aliphatic heterocycles. The molecule has 1 atom stereocenters. The topological polar surface area (TPSA) is 93.7 Å². The smallest absolute Gasteiger partial charge is 0.227 e. The summed E-state index contributed by atoms with van der Waals surface area (Å²) in [6.07, 6.45) is 7.27. The molecule has 3 saturated heterocycles. The number of nitrogens with two attached hydrogens (primary N) is 1. The van der Waals surface area contributed by atoms with Crippen molar-refractivity contribution in [1.82, 2.24) is 19.6 Å². The number of ether oxygens (including phenoxy) is 1. The normalized spacial score (nSPS) is 25.6. The minimum absolute atomic E-state index is 0.00209. The summed E-state index contributed by atoms with van der Waals surface area (Å²) in [7, 11) is 0. The summed E-state index contributed by atoms with van der Waals surface area (Å²) in [4.78, 5) is 29.4. The van der Waals surface area contributed by atoms with E-state index >= 15 is 0 Å². The molecule has 1 spiro atoms. The van der Waals surface area contributed by atoms with E-state index in [4.69, 9.17) is 10.5 Å². The molecule has 2 amide bonds. The molecule has 4 rings (SSSR count). The van der Waals surface area contributed by atoms with Crippen LogP contribution in [0.1, 0.15) is 38.2 Å². The summed E-state index contributed by atoms with van der Waals surface area (Å²) in [6.45, 7) is 8.23. The zero-order valence-electron chi connectivity index (χ0n) is 17.4. The molecule has 1 aromatic rings.